The Balaban J connectivity index is 2.35. The van der Waals surface area contributed by atoms with Gasteiger partial charge in [-0.1, -0.05) is 6.92 Å². The number of hydrogen-bond acceptors (Lipinski definition) is 4. The summed E-state index contributed by atoms with van der Waals surface area (Å²) in [6, 6.07) is 1.88. The Bertz CT molecular complexity index is 533. The Kier molecular flexibility index (Phi) is 4.52. The molecule has 21 heavy (non-hydrogen) atoms. The molecule has 1 amide bonds. The van der Waals surface area contributed by atoms with Crippen LogP contribution in [0, 0.1) is 19.8 Å². The molecular formula is C16H26N4O. The second kappa shape index (κ2) is 6.02. The third-order valence-corrected chi connectivity index (χ3v) is 4.60. The number of carbonyl (C=O) groups is 1. The number of nitrogens with one attached hydrogen (secondary N) is 1. The second-order valence-corrected chi connectivity index (χ2v) is 6.46. The van der Waals surface area contributed by atoms with E-state index in [2.05, 4.69) is 17.2 Å². The Morgan fingerprint density at radius 2 is 2.05 bits per heavy atom. The maximum Gasteiger partial charge on any atom is 0.252 e. The molecule has 1 saturated carbocycles. The quantitative estimate of drug-likeness (QED) is 0.791. The third kappa shape index (κ3) is 3.35. The molecular weight excluding hydrogens is 264 g/mol. The summed E-state index contributed by atoms with van der Waals surface area (Å²) in [7, 11) is 0. The fourth-order valence-electron chi connectivity index (χ4n) is 3.18. The molecule has 5 nitrogen and oxygen atoms in total. The molecule has 0 radical (unpaired) electrons. The number of aromatic nitrogens is 1. The standard InChI is InChI=1S/C16H26N4O/c1-10-4-6-16(9-17,7-5-10)20-15-13(14(18)21)11(2)8-12(3)19-15/h8,10H,4-7,9,17H2,1-3H3,(H2,18,21)(H,19,20). The van der Waals surface area contributed by atoms with Crippen molar-refractivity contribution in [1.82, 2.24) is 4.98 Å². The number of primary amides is 1. The van der Waals surface area contributed by atoms with Crippen LogP contribution in [0.3, 0.4) is 0 Å². The highest BCUT2D eigenvalue weighted by atomic mass is 16.1. The highest BCUT2D eigenvalue weighted by Crippen LogP contribution is 2.34. The zero-order valence-electron chi connectivity index (χ0n) is 13.2. The van der Waals surface area contributed by atoms with Gasteiger partial charge in [0.25, 0.3) is 5.91 Å². The molecule has 5 N–H and O–H groups in total. The molecule has 1 aromatic heterocycles. The monoisotopic (exact) mass is 290 g/mol. The summed E-state index contributed by atoms with van der Waals surface area (Å²) in [6.07, 6.45) is 4.27. The van der Waals surface area contributed by atoms with Gasteiger partial charge in [-0.05, 0) is 57.1 Å². The van der Waals surface area contributed by atoms with Crippen LogP contribution in [0.2, 0.25) is 0 Å². The third-order valence-electron chi connectivity index (χ3n) is 4.60. The highest BCUT2D eigenvalue weighted by Gasteiger charge is 2.34. The SMILES string of the molecule is Cc1cc(C)c(C(N)=O)c(NC2(CN)CCC(C)CC2)n1. The molecule has 0 spiro atoms. The number of rotatable bonds is 4. The van der Waals surface area contributed by atoms with Gasteiger partial charge < -0.3 is 16.8 Å². The lowest BCUT2D eigenvalue weighted by Crippen LogP contribution is -2.48. The fraction of sp³-hybridized carbons (Fsp3) is 0.625. The molecule has 0 bridgehead atoms. The van der Waals surface area contributed by atoms with Crippen molar-refractivity contribution in [1.29, 1.82) is 0 Å². The number of pyridine rings is 1. The van der Waals surface area contributed by atoms with Crippen molar-refractivity contribution < 1.29 is 4.79 Å². The molecule has 1 aromatic rings. The fourth-order valence-corrected chi connectivity index (χ4v) is 3.18. The Hall–Kier alpha value is -1.62. The predicted octanol–water partition coefficient (Wildman–Crippen LogP) is 2.12. The van der Waals surface area contributed by atoms with Crippen LogP contribution in [0.1, 0.15) is 54.2 Å². The lowest BCUT2D eigenvalue weighted by molar-refractivity contribution is 0.1000. The average molecular weight is 290 g/mol. The minimum absolute atomic E-state index is 0.177. The first-order valence-corrected chi connectivity index (χ1v) is 7.63. The smallest absolute Gasteiger partial charge is 0.252 e. The Labute approximate surface area is 126 Å². The van der Waals surface area contributed by atoms with E-state index in [9.17, 15) is 4.79 Å². The van der Waals surface area contributed by atoms with E-state index < -0.39 is 5.91 Å². The van der Waals surface area contributed by atoms with Gasteiger partial charge >= 0.3 is 0 Å². The lowest BCUT2D eigenvalue weighted by Gasteiger charge is -2.40. The van der Waals surface area contributed by atoms with Crippen molar-refractivity contribution in [3.8, 4) is 0 Å². The van der Waals surface area contributed by atoms with Crippen molar-refractivity contribution in [2.45, 2.75) is 52.0 Å². The zero-order chi connectivity index (χ0) is 15.6. The highest BCUT2D eigenvalue weighted by molar-refractivity contribution is 5.99. The first-order valence-electron chi connectivity index (χ1n) is 7.63. The maximum absolute atomic E-state index is 11.8. The molecule has 0 unspecified atom stereocenters. The van der Waals surface area contributed by atoms with Gasteiger partial charge in [0.2, 0.25) is 0 Å². The van der Waals surface area contributed by atoms with Gasteiger partial charge in [0.1, 0.15) is 5.82 Å². The Morgan fingerprint density at radius 1 is 1.43 bits per heavy atom. The molecule has 0 aromatic carbocycles. The van der Waals surface area contributed by atoms with E-state index >= 15 is 0 Å². The maximum atomic E-state index is 11.8. The van der Waals surface area contributed by atoms with Crippen LogP contribution in [0.25, 0.3) is 0 Å². The number of amides is 1. The molecule has 1 aliphatic rings. The van der Waals surface area contributed by atoms with Crippen LogP contribution in [-0.4, -0.2) is 23.0 Å². The second-order valence-electron chi connectivity index (χ2n) is 6.46. The van der Waals surface area contributed by atoms with Crippen LogP contribution in [0.5, 0.6) is 0 Å². The topological polar surface area (TPSA) is 94.0 Å². The van der Waals surface area contributed by atoms with Crippen molar-refractivity contribution in [2.75, 3.05) is 11.9 Å². The number of nitrogens with two attached hydrogens (primary N) is 2. The predicted molar refractivity (Wildman–Crippen MR) is 85.3 cm³/mol. The van der Waals surface area contributed by atoms with Crippen molar-refractivity contribution in [3.63, 3.8) is 0 Å². The van der Waals surface area contributed by atoms with Gasteiger partial charge in [-0.25, -0.2) is 4.98 Å². The lowest BCUT2D eigenvalue weighted by atomic mass is 9.77. The summed E-state index contributed by atoms with van der Waals surface area (Å²) in [5, 5.41) is 3.46. The summed E-state index contributed by atoms with van der Waals surface area (Å²) in [5.74, 6) is 0.869. The summed E-state index contributed by atoms with van der Waals surface area (Å²) in [6.45, 7) is 6.61. The number of nitrogens with zero attached hydrogens (tertiary/aromatic N) is 1. The summed E-state index contributed by atoms with van der Waals surface area (Å²) >= 11 is 0. The van der Waals surface area contributed by atoms with E-state index in [1.165, 1.54) is 0 Å². The first kappa shape index (κ1) is 15.8. The molecule has 0 atom stereocenters. The normalized spacial score (nSPS) is 25.6. The number of hydrogen-bond donors (Lipinski definition) is 3. The molecule has 2 rings (SSSR count). The number of aryl methyl sites for hydroxylation is 2. The molecule has 1 aliphatic carbocycles. The van der Waals surface area contributed by atoms with Gasteiger partial charge in [-0.3, -0.25) is 4.79 Å². The van der Waals surface area contributed by atoms with E-state index in [1.54, 1.807) is 0 Å². The van der Waals surface area contributed by atoms with Gasteiger partial charge in [0.15, 0.2) is 0 Å². The minimum Gasteiger partial charge on any atom is -0.365 e. The van der Waals surface area contributed by atoms with Gasteiger partial charge in [-0.15, -0.1) is 0 Å². The zero-order valence-corrected chi connectivity index (χ0v) is 13.2. The molecule has 1 heterocycles. The van der Waals surface area contributed by atoms with Crippen LogP contribution < -0.4 is 16.8 Å². The van der Waals surface area contributed by atoms with Gasteiger partial charge in [0, 0.05) is 12.2 Å². The molecule has 0 aliphatic heterocycles. The van der Waals surface area contributed by atoms with E-state index in [4.69, 9.17) is 11.5 Å². The summed E-state index contributed by atoms with van der Waals surface area (Å²) in [4.78, 5) is 16.2. The molecule has 5 heteroatoms. The number of anilines is 1. The van der Waals surface area contributed by atoms with E-state index in [0.717, 1.165) is 42.9 Å². The molecule has 116 valence electrons. The van der Waals surface area contributed by atoms with Gasteiger partial charge in [0.05, 0.1) is 11.1 Å². The van der Waals surface area contributed by atoms with Gasteiger partial charge in [-0.2, -0.15) is 0 Å². The van der Waals surface area contributed by atoms with Crippen molar-refractivity contribution >= 4 is 11.7 Å². The minimum atomic E-state index is -0.446. The van der Waals surface area contributed by atoms with E-state index in [0.29, 0.717) is 17.9 Å². The van der Waals surface area contributed by atoms with Crippen molar-refractivity contribution in [2.24, 2.45) is 17.4 Å². The average Bonchev–Trinajstić information content (AvgIpc) is 2.40. The molecule has 0 saturated heterocycles. The van der Waals surface area contributed by atoms with E-state index in [-0.39, 0.29) is 5.54 Å². The number of carbonyl (C=O) groups excluding carboxylic acids is 1. The van der Waals surface area contributed by atoms with Crippen LogP contribution >= 0.6 is 0 Å². The van der Waals surface area contributed by atoms with E-state index in [1.807, 2.05) is 19.9 Å². The van der Waals surface area contributed by atoms with Crippen molar-refractivity contribution in [3.05, 3.63) is 22.9 Å². The molecule has 1 fully saturated rings. The summed E-state index contributed by atoms with van der Waals surface area (Å²) < 4.78 is 0. The largest absolute Gasteiger partial charge is 0.365 e. The van der Waals surface area contributed by atoms with Crippen LogP contribution in [-0.2, 0) is 0 Å². The Morgan fingerprint density at radius 3 is 2.57 bits per heavy atom. The first-order chi connectivity index (χ1) is 9.87. The summed E-state index contributed by atoms with van der Waals surface area (Å²) in [5.41, 5.74) is 13.6. The van der Waals surface area contributed by atoms with Crippen LogP contribution in [0.15, 0.2) is 6.07 Å². The van der Waals surface area contributed by atoms with Crippen LogP contribution in [0.4, 0.5) is 5.82 Å².